The molecular formula is C12H19N3O3S. The highest BCUT2D eigenvalue weighted by molar-refractivity contribution is 7.89. The molecule has 0 saturated carbocycles. The van der Waals surface area contributed by atoms with Crippen LogP contribution in [0.3, 0.4) is 0 Å². The van der Waals surface area contributed by atoms with E-state index < -0.39 is 10.0 Å². The maximum atomic E-state index is 11.2. The van der Waals surface area contributed by atoms with Crippen LogP contribution < -0.4 is 15.8 Å². The summed E-state index contributed by atoms with van der Waals surface area (Å²) in [7, 11) is -1.81. The number of likely N-dealkylation sites (N-methyl/N-ethyl adjacent to an activating group) is 1. The van der Waals surface area contributed by atoms with Crippen molar-refractivity contribution >= 4 is 21.4 Å². The van der Waals surface area contributed by atoms with Gasteiger partial charge in [-0.1, -0.05) is 0 Å². The third-order valence-corrected chi connectivity index (χ3v) is 4.15. The van der Waals surface area contributed by atoms with Crippen LogP contribution in [-0.2, 0) is 14.8 Å². The van der Waals surface area contributed by atoms with Crippen molar-refractivity contribution in [2.45, 2.75) is 23.8 Å². The number of nitrogens with zero attached hydrogens (tertiary/aromatic N) is 1. The van der Waals surface area contributed by atoms with E-state index in [1.54, 1.807) is 6.07 Å². The molecule has 19 heavy (non-hydrogen) atoms. The van der Waals surface area contributed by atoms with Crippen molar-refractivity contribution in [3.8, 4) is 0 Å². The minimum absolute atomic E-state index is 0.0271. The second-order valence-electron chi connectivity index (χ2n) is 4.78. The zero-order valence-corrected chi connectivity index (χ0v) is 11.7. The smallest absolute Gasteiger partial charge is 0.238 e. The number of hydrogen-bond acceptors (Lipinski definition) is 5. The van der Waals surface area contributed by atoms with Crippen molar-refractivity contribution in [2.75, 3.05) is 30.8 Å². The molecule has 0 aliphatic carbocycles. The first-order chi connectivity index (χ1) is 8.88. The number of primary sulfonamides is 1. The molecule has 1 aliphatic heterocycles. The van der Waals surface area contributed by atoms with Crippen molar-refractivity contribution < 1.29 is 13.2 Å². The first kappa shape index (κ1) is 14.1. The van der Waals surface area contributed by atoms with Crippen molar-refractivity contribution in [3.05, 3.63) is 18.2 Å². The van der Waals surface area contributed by atoms with E-state index in [1.165, 1.54) is 12.1 Å². The molecule has 6 nitrogen and oxygen atoms in total. The van der Waals surface area contributed by atoms with Gasteiger partial charge >= 0.3 is 0 Å². The molecule has 1 saturated heterocycles. The summed E-state index contributed by atoms with van der Waals surface area (Å²) in [6.45, 7) is 1.54. The molecule has 1 aromatic rings. The van der Waals surface area contributed by atoms with Crippen molar-refractivity contribution in [1.82, 2.24) is 0 Å². The fourth-order valence-corrected chi connectivity index (χ4v) is 2.80. The predicted molar refractivity (Wildman–Crippen MR) is 74.5 cm³/mol. The summed E-state index contributed by atoms with van der Waals surface area (Å²) < 4.78 is 28.0. The number of benzene rings is 1. The van der Waals surface area contributed by atoms with Crippen LogP contribution in [0.4, 0.5) is 11.4 Å². The molecule has 4 N–H and O–H groups in total. The number of rotatable bonds is 4. The van der Waals surface area contributed by atoms with Gasteiger partial charge in [0.1, 0.15) is 0 Å². The fraction of sp³-hybridized carbons (Fsp3) is 0.500. The number of nitrogen functional groups attached to an aromatic ring is 1. The molecule has 0 amide bonds. The van der Waals surface area contributed by atoms with Gasteiger partial charge in [0.25, 0.3) is 0 Å². The topological polar surface area (TPSA) is 98.6 Å². The lowest BCUT2D eigenvalue weighted by Gasteiger charge is -2.24. The maximum Gasteiger partial charge on any atom is 0.238 e. The lowest BCUT2D eigenvalue weighted by Crippen LogP contribution is -2.29. The fourth-order valence-electron chi connectivity index (χ4n) is 2.25. The molecule has 106 valence electrons. The Labute approximate surface area is 113 Å². The molecule has 1 atom stereocenters. The van der Waals surface area contributed by atoms with Crippen LogP contribution in [0, 0.1) is 0 Å². The Kier molecular flexibility index (Phi) is 3.98. The van der Waals surface area contributed by atoms with E-state index in [1.807, 2.05) is 11.9 Å². The van der Waals surface area contributed by atoms with E-state index in [-0.39, 0.29) is 11.0 Å². The standard InChI is InChI=1S/C12H19N3O3S/c1-15(8-9-3-2-6-18-9)12-5-4-10(7-11(12)13)19(14,16)17/h4-5,7,9H,2-3,6,8,13H2,1H3,(H2,14,16,17). The number of hydrogen-bond donors (Lipinski definition) is 2. The summed E-state index contributed by atoms with van der Waals surface area (Å²) in [6, 6.07) is 4.52. The van der Waals surface area contributed by atoms with Crippen LogP contribution in [0.1, 0.15) is 12.8 Å². The number of ether oxygens (including phenoxy) is 1. The Morgan fingerprint density at radius 1 is 1.47 bits per heavy atom. The van der Waals surface area contributed by atoms with Crippen LogP contribution in [0.5, 0.6) is 0 Å². The van der Waals surface area contributed by atoms with Crippen molar-refractivity contribution in [3.63, 3.8) is 0 Å². The van der Waals surface area contributed by atoms with Gasteiger partial charge in [0, 0.05) is 20.2 Å². The summed E-state index contributed by atoms with van der Waals surface area (Å²) >= 11 is 0. The number of nitrogens with two attached hydrogens (primary N) is 2. The Balaban J connectivity index is 2.16. The Hall–Kier alpha value is -1.31. The van der Waals surface area contributed by atoms with Gasteiger partial charge in [-0.15, -0.1) is 0 Å². The van der Waals surface area contributed by atoms with Gasteiger partial charge in [0.2, 0.25) is 10.0 Å². The molecule has 2 rings (SSSR count). The minimum Gasteiger partial charge on any atom is -0.397 e. The third-order valence-electron chi connectivity index (χ3n) is 3.24. The van der Waals surface area contributed by atoms with Crippen LogP contribution in [0.15, 0.2) is 23.1 Å². The average molecular weight is 285 g/mol. The quantitative estimate of drug-likeness (QED) is 0.786. The largest absolute Gasteiger partial charge is 0.397 e. The maximum absolute atomic E-state index is 11.2. The van der Waals surface area contributed by atoms with Crippen LogP contribution >= 0.6 is 0 Å². The molecule has 1 aromatic carbocycles. The normalized spacial score (nSPS) is 19.6. The monoisotopic (exact) mass is 285 g/mol. The zero-order chi connectivity index (χ0) is 14.0. The molecule has 1 fully saturated rings. The molecule has 0 radical (unpaired) electrons. The first-order valence-corrected chi connectivity index (χ1v) is 7.67. The van der Waals surface area contributed by atoms with Crippen molar-refractivity contribution in [1.29, 1.82) is 0 Å². The molecule has 0 bridgehead atoms. The molecular weight excluding hydrogens is 266 g/mol. The summed E-state index contributed by atoms with van der Waals surface area (Å²) in [4.78, 5) is 2.00. The predicted octanol–water partition coefficient (Wildman–Crippen LogP) is 0.531. The molecule has 1 aliphatic rings. The summed E-state index contributed by atoms with van der Waals surface area (Å²) in [5.41, 5.74) is 7.07. The Morgan fingerprint density at radius 2 is 2.21 bits per heavy atom. The highest BCUT2D eigenvalue weighted by atomic mass is 32.2. The molecule has 1 heterocycles. The van der Waals surface area contributed by atoms with E-state index in [4.69, 9.17) is 15.6 Å². The Bertz CT molecular complexity index is 553. The zero-order valence-electron chi connectivity index (χ0n) is 10.9. The van der Waals surface area contributed by atoms with Gasteiger partial charge in [-0.05, 0) is 31.0 Å². The van der Waals surface area contributed by atoms with Crippen LogP contribution in [0.25, 0.3) is 0 Å². The van der Waals surface area contributed by atoms with Gasteiger partial charge in [-0.25, -0.2) is 13.6 Å². The molecule has 1 unspecified atom stereocenters. The average Bonchev–Trinajstić information content (AvgIpc) is 2.80. The van der Waals surface area contributed by atoms with Gasteiger partial charge in [-0.2, -0.15) is 0 Å². The molecule has 7 heteroatoms. The first-order valence-electron chi connectivity index (χ1n) is 6.13. The third kappa shape index (κ3) is 3.37. The number of anilines is 2. The number of sulfonamides is 1. The van der Waals surface area contributed by atoms with E-state index in [0.29, 0.717) is 5.69 Å². The van der Waals surface area contributed by atoms with E-state index in [0.717, 1.165) is 31.7 Å². The van der Waals surface area contributed by atoms with E-state index in [2.05, 4.69) is 0 Å². The SMILES string of the molecule is CN(CC1CCCO1)c1ccc(S(N)(=O)=O)cc1N. The summed E-state index contributed by atoms with van der Waals surface area (Å²) in [5, 5.41) is 5.07. The van der Waals surface area contributed by atoms with E-state index >= 15 is 0 Å². The van der Waals surface area contributed by atoms with Crippen molar-refractivity contribution in [2.24, 2.45) is 5.14 Å². The molecule has 0 aromatic heterocycles. The van der Waals surface area contributed by atoms with Crippen LogP contribution in [0.2, 0.25) is 0 Å². The van der Waals surface area contributed by atoms with Crippen LogP contribution in [-0.4, -0.2) is 34.7 Å². The van der Waals surface area contributed by atoms with Gasteiger partial charge in [0.05, 0.1) is 22.4 Å². The highest BCUT2D eigenvalue weighted by Gasteiger charge is 2.19. The summed E-state index contributed by atoms with van der Waals surface area (Å²) in [6.07, 6.45) is 2.33. The van der Waals surface area contributed by atoms with Gasteiger partial charge in [-0.3, -0.25) is 0 Å². The second-order valence-corrected chi connectivity index (χ2v) is 6.34. The van der Waals surface area contributed by atoms with E-state index in [9.17, 15) is 8.42 Å². The summed E-state index contributed by atoms with van der Waals surface area (Å²) in [5.74, 6) is 0. The van der Waals surface area contributed by atoms with Gasteiger partial charge in [0.15, 0.2) is 0 Å². The lowest BCUT2D eigenvalue weighted by atomic mass is 10.2. The lowest BCUT2D eigenvalue weighted by molar-refractivity contribution is 0.116. The highest BCUT2D eigenvalue weighted by Crippen LogP contribution is 2.26. The Morgan fingerprint density at radius 3 is 2.74 bits per heavy atom. The minimum atomic E-state index is -3.71. The molecule has 0 spiro atoms. The second kappa shape index (κ2) is 5.36. The van der Waals surface area contributed by atoms with Gasteiger partial charge < -0.3 is 15.4 Å².